The Hall–Kier alpha value is -4.56. The summed E-state index contributed by atoms with van der Waals surface area (Å²) in [7, 11) is 0. The van der Waals surface area contributed by atoms with Crippen LogP contribution in [0.15, 0.2) is 53.7 Å². The number of halogens is 1. The van der Waals surface area contributed by atoms with Crippen LogP contribution in [0.5, 0.6) is 5.75 Å². The van der Waals surface area contributed by atoms with Gasteiger partial charge in [-0.1, -0.05) is 19.9 Å². The van der Waals surface area contributed by atoms with Gasteiger partial charge in [-0.15, -0.1) is 0 Å². The molecule has 5 aromatic rings. The van der Waals surface area contributed by atoms with E-state index in [-0.39, 0.29) is 11.7 Å². The maximum Gasteiger partial charge on any atom is 0.330 e. The number of benzene rings is 2. The van der Waals surface area contributed by atoms with Crippen LogP contribution in [-0.4, -0.2) is 59.8 Å². The third-order valence-corrected chi connectivity index (χ3v) is 7.41. The average molecular weight is 527 g/mol. The van der Waals surface area contributed by atoms with Crippen LogP contribution in [0.1, 0.15) is 37.4 Å². The number of nitriles is 1. The largest absolute Gasteiger partial charge is 0.493 e. The summed E-state index contributed by atoms with van der Waals surface area (Å²) in [6.45, 7) is 7.47. The van der Waals surface area contributed by atoms with Crippen LogP contribution < -0.4 is 10.4 Å². The fourth-order valence-corrected chi connectivity index (χ4v) is 5.29. The Balaban J connectivity index is 1.55. The summed E-state index contributed by atoms with van der Waals surface area (Å²) in [5, 5.41) is 9.38. The van der Waals surface area contributed by atoms with Crippen molar-refractivity contribution in [3.05, 3.63) is 76.4 Å². The molecule has 6 rings (SSSR count). The fraction of sp³-hybridized carbons (Fsp3) is 0.321. The molecule has 1 aliphatic heterocycles. The summed E-state index contributed by atoms with van der Waals surface area (Å²) in [6.07, 6.45) is 3.81. The highest BCUT2D eigenvalue weighted by Gasteiger charge is 2.29. The van der Waals surface area contributed by atoms with Crippen molar-refractivity contribution in [1.29, 1.82) is 5.26 Å². The molecule has 0 aliphatic carbocycles. The second kappa shape index (κ2) is 9.96. The lowest BCUT2D eigenvalue weighted by molar-refractivity contribution is 0.253. The highest BCUT2D eigenvalue weighted by Crippen LogP contribution is 2.36. The zero-order chi connectivity index (χ0) is 27.1. The monoisotopic (exact) mass is 526 g/mol. The van der Waals surface area contributed by atoms with Crippen LogP contribution in [0, 0.1) is 17.1 Å². The third-order valence-electron chi connectivity index (χ3n) is 7.41. The Kier molecular flexibility index (Phi) is 6.32. The van der Waals surface area contributed by atoms with Gasteiger partial charge in [0, 0.05) is 31.1 Å². The summed E-state index contributed by atoms with van der Waals surface area (Å²) < 4.78 is 24.8. The first kappa shape index (κ1) is 24.8. The van der Waals surface area contributed by atoms with E-state index < -0.39 is 5.82 Å². The van der Waals surface area contributed by atoms with Crippen molar-refractivity contribution < 1.29 is 9.13 Å². The summed E-state index contributed by atoms with van der Waals surface area (Å²) in [6, 6.07) is 11.4. The molecule has 0 fully saturated rings. The molecule has 0 amide bonds. The minimum absolute atomic E-state index is 0.201. The van der Waals surface area contributed by atoms with Gasteiger partial charge < -0.3 is 9.64 Å². The number of likely N-dealkylation sites (N-methyl/N-ethyl adjacent to an activating group) is 1. The van der Waals surface area contributed by atoms with Crippen molar-refractivity contribution in [2.24, 2.45) is 0 Å². The predicted octanol–water partition coefficient (Wildman–Crippen LogP) is 3.66. The first-order chi connectivity index (χ1) is 19.0. The molecule has 10 nitrogen and oxygen atoms in total. The standard InChI is InChI=1S/C28H27FN8O2/c1-3-34(4-2)10-11-35-24-16-31-27(36-17-32-21-8-5-18(15-30)13-23(21)36)33-26(24)37(28(35)38)22-9-12-39-25-14-19(29)6-7-20(22)25/h5-8,13-14,16-17,22H,3-4,9-12H2,1-2H3/t22-/m1/s1. The maximum atomic E-state index is 14.0. The SMILES string of the molecule is CCN(CC)CCn1c(=O)n([C@@H]2CCOc3cc(F)ccc32)c2nc(-n3cnc4ccc(C#N)cc43)ncc21. The molecule has 11 heteroatoms. The molecule has 0 saturated carbocycles. The first-order valence-electron chi connectivity index (χ1n) is 13.0. The first-order valence-corrected chi connectivity index (χ1v) is 13.0. The quantitative estimate of drug-likeness (QED) is 0.319. The normalized spacial score (nSPS) is 15.0. The number of hydrogen-bond donors (Lipinski definition) is 0. The lowest BCUT2D eigenvalue weighted by Crippen LogP contribution is -2.34. The van der Waals surface area contributed by atoms with E-state index in [1.807, 2.05) is 0 Å². The molecule has 4 heterocycles. The summed E-state index contributed by atoms with van der Waals surface area (Å²) in [5.41, 5.74) is 3.52. The molecule has 0 bridgehead atoms. The van der Waals surface area contributed by atoms with Gasteiger partial charge in [0.05, 0.1) is 41.5 Å². The zero-order valence-corrected chi connectivity index (χ0v) is 21.7. The number of ether oxygens (including phenoxy) is 1. The Morgan fingerprint density at radius 2 is 2.00 bits per heavy atom. The number of imidazole rings is 2. The van der Waals surface area contributed by atoms with E-state index in [0.29, 0.717) is 65.6 Å². The molecule has 0 spiro atoms. The molecule has 0 unspecified atom stereocenters. The van der Waals surface area contributed by atoms with E-state index in [4.69, 9.17) is 9.72 Å². The fourth-order valence-electron chi connectivity index (χ4n) is 5.29. The van der Waals surface area contributed by atoms with Gasteiger partial charge in [0.25, 0.3) is 0 Å². The smallest absolute Gasteiger partial charge is 0.330 e. The lowest BCUT2D eigenvalue weighted by Gasteiger charge is -2.26. The van der Waals surface area contributed by atoms with E-state index in [1.165, 1.54) is 12.1 Å². The van der Waals surface area contributed by atoms with Gasteiger partial charge in [0.1, 0.15) is 23.4 Å². The van der Waals surface area contributed by atoms with Gasteiger partial charge in [-0.3, -0.25) is 13.7 Å². The molecule has 198 valence electrons. The zero-order valence-electron chi connectivity index (χ0n) is 21.7. The van der Waals surface area contributed by atoms with Crippen molar-refractivity contribution >= 4 is 22.2 Å². The van der Waals surface area contributed by atoms with Crippen molar-refractivity contribution in [2.45, 2.75) is 32.9 Å². The van der Waals surface area contributed by atoms with Crippen molar-refractivity contribution in [3.63, 3.8) is 0 Å². The number of rotatable bonds is 7. The van der Waals surface area contributed by atoms with Crippen LogP contribution in [0.25, 0.3) is 28.1 Å². The molecule has 0 N–H and O–H groups in total. The van der Waals surface area contributed by atoms with Crippen LogP contribution >= 0.6 is 0 Å². The molecular weight excluding hydrogens is 499 g/mol. The molecule has 0 radical (unpaired) electrons. The van der Waals surface area contributed by atoms with Crippen molar-refractivity contribution in [1.82, 2.24) is 33.6 Å². The lowest BCUT2D eigenvalue weighted by atomic mass is 10.0. The van der Waals surface area contributed by atoms with Gasteiger partial charge in [-0.05, 0) is 37.4 Å². The van der Waals surface area contributed by atoms with Gasteiger partial charge in [-0.25, -0.2) is 19.2 Å². The van der Waals surface area contributed by atoms with Gasteiger partial charge in [0.2, 0.25) is 5.95 Å². The van der Waals surface area contributed by atoms with E-state index in [1.54, 1.807) is 50.5 Å². The van der Waals surface area contributed by atoms with E-state index in [0.717, 1.165) is 18.7 Å². The maximum absolute atomic E-state index is 14.0. The van der Waals surface area contributed by atoms with Gasteiger partial charge in [0.15, 0.2) is 5.65 Å². The Labute approximate surface area is 223 Å². The van der Waals surface area contributed by atoms with Crippen molar-refractivity contribution in [3.8, 4) is 17.8 Å². The minimum Gasteiger partial charge on any atom is -0.493 e. The van der Waals surface area contributed by atoms with E-state index >= 15 is 0 Å². The predicted molar refractivity (Wildman–Crippen MR) is 144 cm³/mol. The molecule has 0 saturated heterocycles. The highest BCUT2D eigenvalue weighted by atomic mass is 19.1. The molecule has 1 aliphatic rings. The number of nitrogens with zero attached hydrogens (tertiary/aromatic N) is 8. The molecule has 2 aromatic carbocycles. The van der Waals surface area contributed by atoms with Crippen LogP contribution in [0.3, 0.4) is 0 Å². The molecule has 3 aromatic heterocycles. The molecular formula is C28H27FN8O2. The Morgan fingerprint density at radius 3 is 2.79 bits per heavy atom. The average Bonchev–Trinajstić information content (AvgIpc) is 3.50. The van der Waals surface area contributed by atoms with Crippen LogP contribution in [0.2, 0.25) is 0 Å². The Bertz CT molecular complexity index is 1790. The van der Waals surface area contributed by atoms with Gasteiger partial charge >= 0.3 is 5.69 Å². The summed E-state index contributed by atoms with van der Waals surface area (Å²) >= 11 is 0. The van der Waals surface area contributed by atoms with Crippen LogP contribution in [0.4, 0.5) is 4.39 Å². The molecule has 39 heavy (non-hydrogen) atoms. The number of hydrogen-bond acceptors (Lipinski definition) is 7. The molecule has 1 atom stereocenters. The summed E-state index contributed by atoms with van der Waals surface area (Å²) in [4.78, 5) is 30.2. The minimum atomic E-state index is -0.392. The summed E-state index contributed by atoms with van der Waals surface area (Å²) in [5.74, 6) is 0.374. The van der Waals surface area contributed by atoms with Gasteiger partial charge in [-0.2, -0.15) is 10.2 Å². The highest BCUT2D eigenvalue weighted by molar-refractivity contribution is 5.79. The van der Waals surface area contributed by atoms with E-state index in [9.17, 15) is 14.4 Å². The topological polar surface area (TPSA) is 107 Å². The number of fused-ring (bicyclic) bond motifs is 3. The van der Waals surface area contributed by atoms with Crippen LogP contribution in [-0.2, 0) is 6.54 Å². The third kappa shape index (κ3) is 4.23. The second-order valence-electron chi connectivity index (χ2n) is 9.47. The van der Waals surface area contributed by atoms with Crippen molar-refractivity contribution in [2.75, 3.05) is 26.2 Å². The second-order valence-corrected chi connectivity index (χ2v) is 9.47. The van der Waals surface area contributed by atoms with E-state index in [2.05, 4.69) is 34.8 Å². The Morgan fingerprint density at radius 1 is 1.15 bits per heavy atom. The number of aromatic nitrogens is 6.